The maximum atomic E-state index is 12.3. The van der Waals surface area contributed by atoms with E-state index < -0.39 is 5.91 Å². The number of amides is 1. The van der Waals surface area contributed by atoms with Gasteiger partial charge in [-0.05, 0) is 43.5 Å². The van der Waals surface area contributed by atoms with E-state index in [9.17, 15) is 9.90 Å². The molecule has 1 atom stereocenters. The van der Waals surface area contributed by atoms with Crippen LogP contribution in [0.3, 0.4) is 0 Å². The number of aromatic nitrogens is 1. The van der Waals surface area contributed by atoms with Crippen LogP contribution in [0, 0.1) is 5.92 Å². The van der Waals surface area contributed by atoms with E-state index >= 15 is 0 Å². The molecule has 1 aliphatic rings. The van der Waals surface area contributed by atoms with Gasteiger partial charge in [0.25, 0.3) is 5.91 Å². The summed E-state index contributed by atoms with van der Waals surface area (Å²) in [7, 11) is 0. The lowest BCUT2D eigenvalue weighted by atomic mass is 10.0. The van der Waals surface area contributed by atoms with Crippen LogP contribution in [-0.2, 0) is 6.54 Å². The molecule has 128 valence electrons. The zero-order valence-electron chi connectivity index (χ0n) is 13.5. The van der Waals surface area contributed by atoms with Gasteiger partial charge in [-0.15, -0.1) is 11.3 Å². The van der Waals surface area contributed by atoms with E-state index in [1.54, 1.807) is 0 Å². The van der Waals surface area contributed by atoms with Crippen molar-refractivity contribution in [2.24, 2.45) is 5.92 Å². The number of aromatic hydroxyl groups is 1. The molecule has 0 saturated carbocycles. The molecule has 1 aromatic heterocycles. The van der Waals surface area contributed by atoms with Gasteiger partial charge in [0.15, 0.2) is 5.13 Å². The lowest BCUT2D eigenvalue weighted by Crippen LogP contribution is -2.33. The van der Waals surface area contributed by atoms with Crippen LogP contribution in [0.2, 0.25) is 5.02 Å². The first-order chi connectivity index (χ1) is 11.5. The third-order valence-electron chi connectivity index (χ3n) is 4.10. The Kier molecular flexibility index (Phi) is 5.38. The number of hydrogen-bond acceptors (Lipinski definition) is 5. The lowest BCUT2D eigenvalue weighted by Gasteiger charge is -2.30. The number of likely N-dealkylation sites (tertiary alicyclic amines) is 1. The fraction of sp³-hybridized carbons (Fsp3) is 0.412. The molecule has 5 nitrogen and oxygen atoms in total. The largest absolute Gasteiger partial charge is 0.507 e. The van der Waals surface area contributed by atoms with Crippen molar-refractivity contribution in [1.82, 2.24) is 9.88 Å². The number of carbonyl (C=O) groups is 1. The number of phenolic OH excluding ortho intramolecular Hbond substituents is 1. The fourth-order valence-electron chi connectivity index (χ4n) is 2.95. The van der Waals surface area contributed by atoms with E-state index in [0.717, 1.165) is 31.2 Å². The van der Waals surface area contributed by atoms with Crippen LogP contribution in [0.25, 0.3) is 0 Å². The normalized spacial score (nSPS) is 18.5. The number of halogens is 1. The van der Waals surface area contributed by atoms with Crippen LogP contribution in [0.15, 0.2) is 23.6 Å². The Morgan fingerprint density at radius 1 is 1.54 bits per heavy atom. The molecule has 0 spiro atoms. The highest BCUT2D eigenvalue weighted by Crippen LogP contribution is 2.24. The highest BCUT2D eigenvalue weighted by molar-refractivity contribution is 7.14. The Bertz CT molecular complexity index is 734. The minimum Gasteiger partial charge on any atom is -0.507 e. The number of anilines is 1. The summed E-state index contributed by atoms with van der Waals surface area (Å²) in [6.07, 6.45) is 2.51. The summed E-state index contributed by atoms with van der Waals surface area (Å²) in [4.78, 5) is 19.1. The van der Waals surface area contributed by atoms with Crippen molar-refractivity contribution in [3.05, 3.63) is 39.9 Å². The number of thiazole rings is 1. The molecule has 0 bridgehead atoms. The zero-order chi connectivity index (χ0) is 17.1. The quantitative estimate of drug-likeness (QED) is 0.859. The van der Waals surface area contributed by atoms with Crippen LogP contribution in [0.1, 0.15) is 35.8 Å². The molecule has 2 N–H and O–H groups in total. The standard InChI is InChI=1S/C17H20ClN3O2S/c1-11-3-2-6-21(8-11)9-13-10-24-17(19-13)20-16(23)14-7-12(18)4-5-15(14)22/h4-5,7,10-11,22H,2-3,6,8-9H2,1H3,(H,19,20,23). The average molecular weight is 366 g/mol. The summed E-state index contributed by atoms with van der Waals surface area (Å²) in [6.45, 7) is 5.27. The second-order valence-corrected chi connectivity index (χ2v) is 7.54. The van der Waals surface area contributed by atoms with Crippen LogP contribution < -0.4 is 5.32 Å². The fourth-order valence-corrected chi connectivity index (χ4v) is 3.82. The van der Waals surface area contributed by atoms with E-state index in [1.165, 1.54) is 42.4 Å². The molecule has 2 aromatic rings. The Labute approximate surface area is 150 Å². The number of rotatable bonds is 4. The van der Waals surface area contributed by atoms with Crippen LogP contribution in [0.5, 0.6) is 5.75 Å². The number of piperidine rings is 1. The number of benzene rings is 1. The molecule has 1 amide bonds. The van der Waals surface area contributed by atoms with Crippen LogP contribution in [-0.4, -0.2) is 34.0 Å². The Hall–Kier alpha value is -1.63. The van der Waals surface area contributed by atoms with Crippen molar-refractivity contribution >= 4 is 34.0 Å². The molecule has 2 heterocycles. The van der Waals surface area contributed by atoms with Crippen molar-refractivity contribution in [3.8, 4) is 5.75 Å². The van der Waals surface area contributed by atoms with Crippen molar-refractivity contribution in [3.63, 3.8) is 0 Å². The first-order valence-corrected chi connectivity index (χ1v) is 9.23. The van der Waals surface area contributed by atoms with Gasteiger partial charge in [0.1, 0.15) is 5.75 Å². The third-order valence-corrected chi connectivity index (χ3v) is 5.14. The molecule has 3 rings (SSSR count). The molecule has 1 saturated heterocycles. The molecule has 1 unspecified atom stereocenters. The summed E-state index contributed by atoms with van der Waals surface area (Å²) >= 11 is 7.27. The van der Waals surface area contributed by atoms with E-state index in [1.807, 2.05) is 5.38 Å². The molecule has 24 heavy (non-hydrogen) atoms. The second-order valence-electron chi connectivity index (χ2n) is 6.24. The predicted molar refractivity (Wildman–Crippen MR) is 96.9 cm³/mol. The molecule has 1 aliphatic heterocycles. The maximum Gasteiger partial charge on any atom is 0.261 e. The number of nitrogens with zero attached hydrogens (tertiary/aromatic N) is 2. The van der Waals surface area contributed by atoms with Gasteiger partial charge >= 0.3 is 0 Å². The van der Waals surface area contributed by atoms with Gasteiger partial charge in [-0.2, -0.15) is 0 Å². The van der Waals surface area contributed by atoms with Crippen molar-refractivity contribution in [1.29, 1.82) is 0 Å². The van der Waals surface area contributed by atoms with Gasteiger partial charge in [0.2, 0.25) is 0 Å². The van der Waals surface area contributed by atoms with E-state index in [0.29, 0.717) is 10.2 Å². The molecule has 1 fully saturated rings. The number of hydrogen-bond donors (Lipinski definition) is 2. The molecule has 0 aliphatic carbocycles. The summed E-state index contributed by atoms with van der Waals surface area (Å²) in [5.41, 5.74) is 1.10. The molecule has 0 radical (unpaired) electrons. The topological polar surface area (TPSA) is 65.5 Å². The first kappa shape index (κ1) is 17.2. The van der Waals surface area contributed by atoms with Gasteiger partial charge in [0, 0.05) is 23.5 Å². The van der Waals surface area contributed by atoms with Gasteiger partial charge in [-0.1, -0.05) is 18.5 Å². The smallest absolute Gasteiger partial charge is 0.261 e. The molecule has 7 heteroatoms. The van der Waals surface area contributed by atoms with Gasteiger partial charge < -0.3 is 5.11 Å². The SMILES string of the molecule is CC1CCCN(Cc2csc(NC(=O)c3cc(Cl)ccc3O)n2)C1. The maximum absolute atomic E-state index is 12.3. The summed E-state index contributed by atoms with van der Waals surface area (Å²) in [6, 6.07) is 4.38. The van der Waals surface area contributed by atoms with Crippen LogP contribution in [0.4, 0.5) is 5.13 Å². The number of nitrogens with one attached hydrogen (secondary N) is 1. The number of carbonyl (C=O) groups excluding carboxylic acids is 1. The van der Waals surface area contributed by atoms with Crippen molar-refractivity contribution in [2.45, 2.75) is 26.3 Å². The highest BCUT2D eigenvalue weighted by Gasteiger charge is 2.18. The van der Waals surface area contributed by atoms with Gasteiger partial charge in [0.05, 0.1) is 11.3 Å². The Morgan fingerprint density at radius 2 is 2.38 bits per heavy atom. The molecular formula is C17H20ClN3O2S. The minimum atomic E-state index is -0.414. The molecular weight excluding hydrogens is 346 g/mol. The Balaban J connectivity index is 1.63. The first-order valence-electron chi connectivity index (χ1n) is 7.98. The Morgan fingerprint density at radius 3 is 3.17 bits per heavy atom. The zero-order valence-corrected chi connectivity index (χ0v) is 15.0. The van der Waals surface area contributed by atoms with Gasteiger partial charge in [-0.25, -0.2) is 4.98 Å². The second kappa shape index (κ2) is 7.51. The summed E-state index contributed by atoms with van der Waals surface area (Å²) < 4.78 is 0. The third kappa shape index (κ3) is 4.26. The van der Waals surface area contributed by atoms with Gasteiger partial charge in [-0.3, -0.25) is 15.0 Å². The van der Waals surface area contributed by atoms with E-state index in [4.69, 9.17) is 11.6 Å². The predicted octanol–water partition coefficient (Wildman–Crippen LogP) is 3.99. The summed E-state index contributed by atoms with van der Waals surface area (Å²) in [5.74, 6) is 0.209. The highest BCUT2D eigenvalue weighted by atomic mass is 35.5. The average Bonchev–Trinajstić information content (AvgIpc) is 2.96. The van der Waals surface area contributed by atoms with E-state index in [-0.39, 0.29) is 11.3 Å². The monoisotopic (exact) mass is 365 g/mol. The molecule has 1 aromatic carbocycles. The summed E-state index contributed by atoms with van der Waals surface area (Å²) in [5, 5.41) is 15.4. The lowest BCUT2D eigenvalue weighted by molar-refractivity contribution is 0.102. The van der Waals surface area contributed by atoms with E-state index in [2.05, 4.69) is 22.1 Å². The van der Waals surface area contributed by atoms with Crippen LogP contribution >= 0.6 is 22.9 Å². The van der Waals surface area contributed by atoms with Crippen molar-refractivity contribution in [2.75, 3.05) is 18.4 Å². The number of phenols is 1. The minimum absolute atomic E-state index is 0.101. The van der Waals surface area contributed by atoms with Crippen molar-refractivity contribution < 1.29 is 9.90 Å².